The Kier molecular flexibility index (Phi) is 5.05. The van der Waals surface area contributed by atoms with E-state index >= 15 is 0 Å². The van der Waals surface area contributed by atoms with Crippen LogP contribution in [-0.2, 0) is 0 Å². The molecule has 102 valence electrons. The lowest BCUT2D eigenvalue weighted by Gasteiger charge is -2.30. The molecule has 1 atom stereocenters. The van der Waals surface area contributed by atoms with E-state index in [1.54, 1.807) is 0 Å². The Morgan fingerprint density at radius 3 is 2.83 bits per heavy atom. The number of hydrogen-bond acceptors (Lipinski definition) is 2. The molecule has 4 heteroatoms. The van der Waals surface area contributed by atoms with Crippen molar-refractivity contribution in [3.63, 3.8) is 0 Å². The predicted octanol–water partition coefficient (Wildman–Crippen LogP) is 1.21. The van der Waals surface area contributed by atoms with Crippen molar-refractivity contribution < 1.29 is 0 Å². The molecule has 0 aromatic rings. The average molecular weight is 250 g/mol. The summed E-state index contributed by atoms with van der Waals surface area (Å²) in [6, 6.07) is 0.533. The molecule has 1 saturated heterocycles. The summed E-state index contributed by atoms with van der Waals surface area (Å²) in [5, 5.41) is 6.95. The summed E-state index contributed by atoms with van der Waals surface area (Å²) >= 11 is 0. The highest BCUT2D eigenvalue weighted by atomic mass is 15.2. The van der Waals surface area contributed by atoms with Crippen molar-refractivity contribution in [1.82, 2.24) is 15.5 Å². The van der Waals surface area contributed by atoms with Gasteiger partial charge in [0, 0.05) is 26.2 Å². The highest BCUT2D eigenvalue weighted by Gasteiger charge is 2.18. The zero-order valence-corrected chi connectivity index (χ0v) is 11.7. The van der Waals surface area contributed by atoms with Gasteiger partial charge >= 0.3 is 0 Å². The molecule has 0 radical (unpaired) electrons. The van der Waals surface area contributed by atoms with Crippen LogP contribution in [0.5, 0.6) is 0 Å². The maximum absolute atomic E-state index is 4.31. The normalized spacial score (nSPS) is 26.6. The van der Waals surface area contributed by atoms with E-state index < -0.39 is 0 Å². The fourth-order valence-electron chi connectivity index (χ4n) is 2.80. The molecule has 0 aromatic carbocycles. The second kappa shape index (κ2) is 6.78. The Morgan fingerprint density at radius 1 is 1.39 bits per heavy atom. The standard InChI is InChI=1S/C14H26N4/c1-15-14(17-13-7-3-4-8-13)16-10-12-6-5-9-18(2)11-12/h3-4,12-13H,5-11H2,1-2H3,(H2,15,16,17). The van der Waals surface area contributed by atoms with E-state index in [4.69, 9.17) is 0 Å². The molecule has 4 nitrogen and oxygen atoms in total. The smallest absolute Gasteiger partial charge is 0.191 e. The van der Waals surface area contributed by atoms with E-state index in [-0.39, 0.29) is 0 Å². The molecule has 0 saturated carbocycles. The number of hydrogen-bond donors (Lipinski definition) is 2. The minimum absolute atomic E-state index is 0.533. The summed E-state index contributed by atoms with van der Waals surface area (Å²) in [7, 11) is 4.06. The van der Waals surface area contributed by atoms with Gasteiger partial charge in [0.25, 0.3) is 0 Å². The first-order valence-electron chi connectivity index (χ1n) is 7.08. The Hall–Kier alpha value is -1.03. The predicted molar refractivity (Wildman–Crippen MR) is 76.9 cm³/mol. The third-order valence-electron chi connectivity index (χ3n) is 3.85. The average Bonchev–Trinajstić information content (AvgIpc) is 2.87. The van der Waals surface area contributed by atoms with Crippen molar-refractivity contribution in [3.8, 4) is 0 Å². The maximum atomic E-state index is 4.31. The van der Waals surface area contributed by atoms with Crippen LogP contribution in [0.4, 0.5) is 0 Å². The van der Waals surface area contributed by atoms with Gasteiger partial charge in [0.1, 0.15) is 0 Å². The van der Waals surface area contributed by atoms with Crippen molar-refractivity contribution in [2.24, 2.45) is 10.9 Å². The number of piperidine rings is 1. The summed E-state index contributed by atoms with van der Waals surface area (Å²) in [6.07, 6.45) is 9.36. The third kappa shape index (κ3) is 4.02. The first kappa shape index (κ1) is 13.4. The SMILES string of the molecule is CN=C(NCC1CCCN(C)C1)NC1CC=CC1. The van der Waals surface area contributed by atoms with E-state index in [0.717, 1.165) is 31.3 Å². The highest BCUT2D eigenvalue weighted by molar-refractivity contribution is 5.80. The number of nitrogens with one attached hydrogen (secondary N) is 2. The Morgan fingerprint density at radius 2 is 2.17 bits per heavy atom. The van der Waals surface area contributed by atoms with Gasteiger partial charge in [0.05, 0.1) is 0 Å². The van der Waals surface area contributed by atoms with Crippen LogP contribution in [0.3, 0.4) is 0 Å². The largest absolute Gasteiger partial charge is 0.356 e. The molecule has 0 amide bonds. The lowest BCUT2D eigenvalue weighted by Crippen LogP contribution is -2.46. The van der Waals surface area contributed by atoms with Crippen molar-refractivity contribution in [2.45, 2.75) is 31.7 Å². The third-order valence-corrected chi connectivity index (χ3v) is 3.85. The Labute approximate surface area is 111 Å². The first-order chi connectivity index (χ1) is 8.78. The van der Waals surface area contributed by atoms with Crippen LogP contribution in [0.1, 0.15) is 25.7 Å². The van der Waals surface area contributed by atoms with Crippen LogP contribution in [-0.4, -0.2) is 50.6 Å². The first-order valence-corrected chi connectivity index (χ1v) is 7.08. The lowest BCUT2D eigenvalue weighted by atomic mass is 9.99. The molecule has 1 unspecified atom stereocenters. The van der Waals surface area contributed by atoms with Gasteiger partial charge in [-0.05, 0) is 45.2 Å². The zero-order chi connectivity index (χ0) is 12.8. The summed E-state index contributed by atoms with van der Waals surface area (Å²) < 4.78 is 0. The molecule has 2 N–H and O–H groups in total. The Bertz CT molecular complexity index is 303. The molecule has 2 rings (SSSR count). The molecule has 0 spiro atoms. The topological polar surface area (TPSA) is 39.7 Å². The van der Waals surface area contributed by atoms with Gasteiger partial charge in [-0.3, -0.25) is 4.99 Å². The fraction of sp³-hybridized carbons (Fsp3) is 0.786. The van der Waals surface area contributed by atoms with E-state index in [1.807, 2.05) is 7.05 Å². The van der Waals surface area contributed by atoms with Crippen molar-refractivity contribution >= 4 is 5.96 Å². The van der Waals surface area contributed by atoms with E-state index in [0.29, 0.717) is 6.04 Å². The summed E-state index contributed by atoms with van der Waals surface area (Å²) in [4.78, 5) is 6.73. The Balaban J connectivity index is 1.70. The molecule has 0 bridgehead atoms. The van der Waals surface area contributed by atoms with Crippen LogP contribution in [0.25, 0.3) is 0 Å². The van der Waals surface area contributed by atoms with Crippen LogP contribution in [0.2, 0.25) is 0 Å². The molecular weight excluding hydrogens is 224 g/mol. The quantitative estimate of drug-likeness (QED) is 0.449. The number of nitrogens with zero attached hydrogens (tertiary/aromatic N) is 2. The van der Waals surface area contributed by atoms with Gasteiger partial charge in [-0.25, -0.2) is 0 Å². The maximum Gasteiger partial charge on any atom is 0.191 e. The minimum Gasteiger partial charge on any atom is -0.356 e. The molecule has 18 heavy (non-hydrogen) atoms. The van der Waals surface area contributed by atoms with Gasteiger partial charge in [-0.15, -0.1) is 0 Å². The van der Waals surface area contributed by atoms with Crippen LogP contribution in [0.15, 0.2) is 17.1 Å². The monoisotopic (exact) mass is 250 g/mol. The molecule has 2 aliphatic rings. The second-order valence-corrected chi connectivity index (χ2v) is 5.51. The van der Waals surface area contributed by atoms with Crippen molar-refractivity contribution in [3.05, 3.63) is 12.2 Å². The van der Waals surface area contributed by atoms with Crippen molar-refractivity contribution in [2.75, 3.05) is 33.7 Å². The summed E-state index contributed by atoms with van der Waals surface area (Å²) in [5.74, 6) is 1.71. The van der Waals surface area contributed by atoms with Crippen LogP contribution >= 0.6 is 0 Å². The molecule has 0 aromatic heterocycles. The van der Waals surface area contributed by atoms with Gasteiger partial charge in [0.15, 0.2) is 5.96 Å². The van der Waals surface area contributed by atoms with E-state index in [9.17, 15) is 0 Å². The van der Waals surface area contributed by atoms with E-state index in [2.05, 4.69) is 39.7 Å². The van der Waals surface area contributed by atoms with Crippen molar-refractivity contribution in [1.29, 1.82) is 0 Å². The molecule has 1 heterocycles. The molecule has 1 fully saturated rings. The summed E-state index contributed by atoms with van der Waals surface area (Å²) in [6.45, 7) is 3.48. The van der Waals surface area contributed by atoms with Gasteiger partial charge < -0.3 is 15.5 Å². The van der Waals surface area contributed by atoms with Crippen LogP contribution in [0, 0.1) is 5.92 Å². The van der Waals surface area contributed by atoms with Gasteiger partial charge in [-0.1, -0.05) is 12.2 Å². The minimum atomic E-state index is 0.533. The van der Waals surface area contributed by atoms with E-state index in [1.165, 1.54) is 25.9 Å². The summed E-state index contributed by atoms with van der Waals surface area (Å²) in [5.41, 5.74) is 0. The molecule has 1 aliphatic heterocycles. The van der Waals surface area contributed by atoms with Crippen LogP contribution < -0.4 is 10.6 Å². The number of likely N-dealkylation sites (tertiary alicyclic amines) is 1. The zero-order valence-electron chi connectivity index (χ0n) is 11.7. The fourth-order valence-corrected chi connectivity index (χ4v) is 2.80. The second-order valence-electron chi connectivity index (χ2n) is 5.51. The number of rotatable bonds is 3. The number of aliphatic imine (C=N–C) groups is 1. The highest BCUT2D eigenvalue weighted by Crippen LogP contribution is 2.14. The lowest BCUT2D eigenvalue weighted by molar-refractivity contribution is 0.210. The molecular formula is C14H26N4. The molecule has 1 aliphatic carbocycles. The van der Waals surface area contributed by atoms with Gasteiger partial charge in [0.2, 0.25) is 0 Å². The number of guanidine groups is 1. The van der Waals surface area contributed by atoms with Gasteiger partial charge in [-0.2, -0.15) is 0 Å².